The quantitative estimate of drug-likeness (QED) is 0.564. The summed E-state index contributed by atoms with van der Waals surface area (Å²) in [6, 6.07) is 0. The van der Waals surface area contributed by atoms with Gasteiger partial charge in [0.25, 0.3) is 0 Å². The highest BCUT2D eigenvalue weighted by molar-refractivity contribution is 5.12. The maximum Gasteiger partial charge on any atom is 0.425 e. The number of halogens is 5. The Kier molecular flexibility index (Phi) is 1.81. The largest absolute Gasteiger partial charge is 0.425 e. The first-order valence-corrected chi connectivity index (χ1v) is 2.79. The maximum atomic E-state index is 12.5. The Balaban J connectivity index is 3.32. The molecule has 7 heteroatoms. The smallest absolute Gasteiger partial charge is 0.239 e. The van der Waals surface area contributed by atoms with Gasteiger partial charge in [0.15, 0.2) is 5.56 Å². The zero-order valence-corrected chi connectivity index (χ0v) is 5.78. The predicted molar refractivity (Wildman–Crippen MR) is 28.1 cm³/mol. The van der Waals surface area contributed by atoms with Crippen LogP contribution in [0.1, 0.15) is 5.56 Å². The summed E-state index contributed by atoms with van der Waals surface area (Å²) in [6.07, 6.45) is -5.04. The molecule has 0 spiro atoms. The molecule has 0 fully saturated rings. The third-order valence-corrected chi connectivity index (χ3v) is 1.22. The molecule has 1 aromatic rings. The monoisotopic (exact) mass is 186 g/mol. The minimum Gasteiger partial charge on any atom is -0.239 e. The van der Waals surface area contributed by atoms with E-state index in [1.165, 1.54) is 0 Å². The summed E-state index contributed by atoms with van der Waals surface area (Å²) >= 11 is 0. The van der Waals surface area contributed by atoms with Crippen LogP contribution in [-0.4, -0.2) is 9.78 Å². The van der Waals surface area contributed by atoms with Gasteiger partial charge in [-0.05, 0) is 0 Å². The lowest BCUT2D eigenvalue weighted by molar-refractivity contribution is -0.142. The van der Waals surface area contributed by atoms with E-state index in [4.69, 9.17) is 0 Å². The van der Waals surface area contributed by atoms with E-state index in [1.807, 2.05) is 0 Å². The number of aromatic nitrogens is 2. The average molecular weight is 186 g/mol. The molecule has 0 radical (unpaired) electrons. The molecule has 12 heavy (non-hydrogen) atoms. The highest BCUT2D eigenvalue weighted by atomic mass is 19.4. The van der Waals surface area contributed by atoms with E-state index in [2.05, 4.69) is 5.10 Å². The first kappa shape index (κ1) is 8.95. The summed E-state index contributed by atoms with van der Waals surface area (Å²) < 4.78 is 60.3. The van der Waals surface area contributed by atoms with Crippen LogP contribution in [0.25, 0.3) is 0 Å². The highest BCUT2D eigenvalue weighted by Gasteiger charge is 2.40. The maximum absolute atomic E-state index is 12.5. The van der Waals surface area contributed by atoms with Gasteiger partial charge >= 0.3 is 6.18 Å². The van der Waals surface area contributed by atoms with Crippen LogP contribution in [-0.2, 0) is 13.2 Å². The zero-order chi connectivity index (χ0) is 9.52. The lowest BCUT2D eigenvalue weighted by Gasteiger charge is -2.01. The van der Waals surface area contributed by atoms with Crippen LogP contribution in [0.15, 0.2) is 0 Å². The molecule has 0 aliphatic carbocycles. The van der Waals surface area contributed by atoms with E-state index in [1.54, 1.807) is 0 Å². The van der Waals surface area contributed by atoms with Crippen molar-refractivity contribution in [2.75, 3.05) is 0 Å². The van der Waals surface area contributed by atoms with E-state index in [9.17, 15) is 22.0 Å². The standard InChI is InChI=1S/C5H3F5N2/c1-12-4(7)2(3(6)11-12)5(8,9)10/h1H3. The van der Waals surface area contributed by atoms with E-state index < -0.39 is 23.6 Å². The van der Waals surface area contributed by atoms with Crippen molar-refractivity contribution in [1.29, 1.82) is 0 Å². The third-order valence-electron chi connectivity index (χ3n) is 1.22. The van der Waals surface area contributed by atoms with E-state index >= 15 is 0 Å². The van der Waals surface area contributed by atoms with Crippen molar-refractivity contribution in [3.8, 4) is 0 Å². The van der Waals surface area contributed by atoms with Gasteiger partial charge in [0.1, 0.15) is 0 Å². The molecule has 0 atom stereocenters. The summed E-state index contributed by atoms with van der Waals surface area (Å²) in [4.78, 5) is 0. The highest BCUT2D eigenvalue weighted by Crippen LogP contribution is 2.32. The minimum atomic E-state index is -5.04. The molecule has 0 N–H and O–H groups in total. The summed E-state index contributed by atoms with van der Waals surface area (Å²) in [5.41, 5.74) is -1.95. The van der Waals surface area contributed by atoms with Crippen molar-refractivity contribution < 1.29 is 22.0 Å². The summed E-state index contributed by atoms with van der Waals surface area (Å²) in [5.74, 6) is -3.57. The van der Waals surface area contributed by atoms with Crippen LogP contribution in [0.4, 0.5) is 22.0 Å². The summed E-state index contributed by atoms with van der Waals surface area (Å²) in [7, 11) is 0.883. The Bertz CT molecular complexity index is 300. The molecule has 2 nitrogen and oxygen atoms in total. The van der Waals surface area contributed by atoms with Gasteiger partial charge in [-0.3, -0.25) is 0 Å². The Morgan fingerprint density at radius 3 is 1.92 bits per heavy atom. The van der Waals surface area contributed by atoms with Gasteiger partial charge in [0.2, 0.25) is 11.9 Å². The normalized spacial score (nSPS) is 12.2. The number of hydrogen-bond acceptors (Lipinski definition) is 1. The molecule has 1 aromatic heterocycles. The van der Waals surface area contributed by atoms with Crippen LogP contribution in [0.2, 0.25) is 0 Å². The van der Waals surface area contributed by atoms with Gasteiger partial charge in [-0.1, -0.05) is 0 Å². The summed E-state index contributed by atoms with van der Waals surface area (Å²) in [6.45, 7) is 0. The molecular weight excluding hydrogens is 183 g/mol. The van der Waals surface area contributed by atoms with Gasteiger partial charge in [0.05, 0.1) is 0 Å². The zero-order valence-electron chi connectivity index (χ0n) is 5.78. The van der Waals surface area contributed by atoms with Crippen molar-refractivity contribution in [2.24, 2.45) is 7.05 Å². The fourth-order valence-corrected chi connectivity index (χ4v) is 0.706. The number of nitrogens with zero attached hydrogens (tertiary/aromatic N) is 2. The number of aryl methyl sites for hydroxylation is 1. The second kappa shape index (κ2) is 2.43. The SMILES string of the molecule is Cn1nc(F)c(C(F)(F)F)c1F. The molecule has 0 unspecified atom stereocenters. The van der Waals surface area contributed by atoms with Crippen LogP contribution >= 0.6 is 0 Å². The molecule has 0 aromatic carbocycles. The molecule has 0 amide bonds. The predicted octanol–water partition coefficient (Wildman–Crippen LogP) is 1.72. The van der Waals surface area contributed by atoms with Gasteiger partial charge in [-0.25, -0.2) is 4.68 Å². The second-order valence-electron chi connectivity index (χ2n) is 2.08. The molecule has 68 valence electrons. The Morgan fingerprint density at radius 2 is 1.75 bits per heavy atom. The molecule has 0 saturated carbocycles. The van der Waals surface area contributed by atoms with Crippen molar-refractivity contribution in [3.05, 3.63) is 17.5 Å². The summed E-state index contributed by atoms with van der Waals surface area (Å²) in [5, 5.41) is 2.63. The Morgan fingerprint density at radius 1 is 1.25 bits per heavy atom. The topological polar surface area (TPSA) is 17.8 Å². The fraction of sp³-hybridized carbons (Fsp3) is 0.400. The first-order chi connectivity index (χ1) is 5.34. The Labute approximate surface area is 63.6 Å². The lowest BCUT2D eigenvalue weighted by atomic mass is 10.3. The van der Waals surface area contributed by atoms with Gasteiger partial charge in [-0.2, -0.15) is 22.0 Å². The van der Waals surface area contributed by atoms with Crippen molar-refractivity contribution in [1.82, 2.24) is 9.78 Å². The number of alkyl halides is 3. The first-order valence-electron chi connectivity index (χ1n) is 2.79. The lowest BCUT2D eigenvalue weighted by Crippen LogP contribution is -2.09. The van der Waals surface area contributed by atoms with Gasteiger partial charge in [-0.15, -0.1) is 5.10 Å². The second-order valence-corrected chi connectivity index (χ2v) is 2.08. The van der Waals surface area contributed by atoms with E-state index in [0.717, 1.165) is 7.05 Å². The molecule has 1 heterocycles. The van der Waals surface area contributed by atoms with Gasteiger partial charge in [0, 0.05) is 7.05 Å². The van der Waals surface area contributed by atoms with Crippen LogP contribution in [0, 0.1) is 11.9 Å². The van der Waals surface area contributed by atoms with E-state index in [0.29, 0.717) is 0 Å². The van der Waals surface area contributed by atoms with Gasteiger partial charge < -0.3 is 0 Å². The van der Waals surface area contributed by atoms with Crippen LogP contribution in [0.5, 0.6) is 0 Å². The van der Waals surface area contributed by atoms with Crippen molar-refractivity contribution in [2.45, 2.75) is 6.18 Å². The van der Waals surface area contributed by atoms with Crippen molar-refractivity contribution >= 4 is 0 Å². The van der Waals surface area contributed by atoms with Crippen LogP contribution < -0.4 is 0 Å². The third kappa shape index (κ3) is 1.26. The molecule has 0 bridgehead atoms. The van der Waals surface area contributed by atoms with Crippen LogP contribution in [0.3, 0.4) is 0 Å². The number of hydrogen-bond donors (Lipinski definition) is 0. The molecule has 0 saturated heterocycles. The fourth-order valence-electron chi connectivity index (χ4n) is 0.706. The van der Waals surface area contributed by atoms with Crippen molar-refractivity contribution in [3.63, 3.8) is 0 Å². The minimum absolute atomic E-state index is 0.193. The average Bonchev–Trinajstić information content (AvgIpc) is 2.05. The van der Waals surface area contributed by atoms with E-state index in [-0.39, 0.29) is 4.68 Å². The number of rotatable bonds is 0. The molecule has 0 aliphatic rings. The molecule has 0 aliphatic heterocycles. The molecule has 1 rings (SSSR count). The molecular formula is C5H3F5N2. The Hall–Kier alpha value is -1.14.